The highest BCUT2D eigenvalue weighted by Crippen LogP contribution is 2.28. The Labute approximate surface area is 210 Å². The summed E-state index contributed by atoms with van der Waals surface area (Å²) in [6.07, 6.45) is 6.16. The van der Waals surface area contributed by atoms with Crippen molar-refractivity contribution in [3.8, 4) is 11.5 Å². The third kappa shape index (κ3) is 6.77. The highest BCUT2D eigenvalue weighted by molar-refractivity contribution is 5.95. The standard InChI is InChI=1S/C29H40N2O4/c1-3-19-35-27-14-5-4-10-24(27)22-30-16-7-6-13-26-28(33-2)15-9-17-31(26)29(32)23-11-8-12-25(21-23)34-20-18-30/h4-5,8,10-12,14,21,26,28H,3,6-7,9,13,15-20,22H2,1-2H3/t26-,28-/m1/s1. The summed E-state index contributed by atoms with van der Waals surface area (Å²) in [5.74, 6) is 1.81. The summed E-state index contributed by atoms with van der Waals surface area (Å²) in [5.41, 5.74) is 1.91. The number of hydrogen-bond donors (Lipinski definition) is 0. The Morgan fingerprint density at radius 2 is 1.89 bits per heavy atom. The van der Waals surface area contributed by atoms with Crippen LogP contribution in [0.1, 0.15) is 61.4 Å². The lowest BCUT2D eigenvalue weighted by Gasteiger charge is -2.41. The van der Waals surface area contributed by atoms with E-state index in [0.717, 1.165) is 82.8 Å². The molecule has 2 bridgehead atoms. The van der Waals surface area contributed by atoms with E-state index in [-0.39, 0.29) is 18.1 Å². The Bertz CT molecular complexity index is 950. The second-order valence-corrected chi connectivity index (χ2v) is 9.59. The zero-order valence-corrected chi connectivity index (χ0v) is 21.3. The number of piperidine rings is 1. The Hall–Kier alpha value is -2.57. The number of amides is 1. The number of nitrogens with zero attached hydrogens (tertiary/aromatic N) is 2. The average molecular weight is 481 g/mol. The van der Waals surface area contributed by atoms with Gasteiger partial charge >= 0.3 is 0 Å². The first-order valence-electron chi connectivity index (χ1n) is 13.2. The molecule has 2 aliphatic rings. The number of rotatable bonds is 6. The maximum absolute atomic E-state index is 13.4. The first kappa shape index (κ1) is 25.5. The van der Waals surface area contributed by atoms with Crippen molar-refractivity contribution in [2.24, 2.45) is 0 Å². The molecule has 2 aliphatic heterocycles. The zero-order valence-electron chi connectivity index (χ0n) is 21.3. The molecule has 2 aromatic rings. The number of carbonyl (C=O) groups excluding carboxylic acids is 1. The smallest absolute Gasteiger partial charge is 0.254 e. The Morgan fingerprint density at radius 1 is 1.00 bits per heavy atom. The molecular weight excluding hydrogens is 440 g/mol. The van der Waals surface area contributed by atoms with E-state index in [1.165, 1.54) is 5.56 Å². The van der Waals surface area contributed by atoms with E-state index in [4.69, 9.17) is 14.2 Å². The van der Waals surface area contributed by atoms with E-state index in [9.17, 15) is 4.79 Å². The molecule has 0 radical (unpaired) electrons. The van der Waals surface area contributed by atoms with Crippen molar-refractivity contribution < 1.29 is 19.0 Å². The van der Waals surface area contributed by atoms with Crippen LogP contribution in [0.4, 0.5) is 0 Å². The third-order valence-corrected chi connectivity index (χ3v) is 7.09. The van der Waals surface area contributed by atoms with Crippen LogP contribution < -0.4 is 9.47 Å². The van der Waals surface area contributed by atoms with Gasteiger partial charge in [0.2, 0.25) is 0 Å². The highest BCUT2D eigenvalue weighted by Gasteiger charge is 2.34. The van der Waals surface area contributed by atoms with Crippen molar-refractivity contribution in [3.63, 3.8) is 0 Å². The topological polar surface area (TPSA) is 51.2 Å². The van der Waals surface area contributed by atoms with Crippen LogP contribution in [0.3, 0.4) is 0 Å². The molecule has 6 nitrogen and oxygen atoms in total. The molecular formula is C29H40N2O4. The fourth-order valence-corrected chi connectivity index (χ4v) is 5.25. The van der Waals surface area contributed by atoms with Gasteiger partial charge in [-0.05, 0) is 62.9 Å². The summed E-state index contributed by atoms with van der Waals surface area (Å²) in [4.78, 5) is 17.9. The van der Waals surface area contributed by atoms with Crippen LogP contribution in [0, 0.1) is 0 Å². The number of carbonyl (C=O) groups is 1. The minimum absolute atomic E-state index is 0.0876. The average Bonchev–Trinajstić information content (AvgIpc) is 2.89. The lowest BCUT2D eigenvalue weighted by molar-refractivity contribution is -0.0156. The lowest BCUT2D eigenvalue weighted by Crippen LogP contribution is -2.51. The van der Waals surface area contributed by atoms with E-state index in [2.05, 4.69) is 30.0 Å². The molecule has 0 N–H and O–H groups in total. The van der Waals surface area contributed by atoms with Crippen LogP contribution in [0.2, 0.25) is 0 Å². The van der Waals surface area contributed by atoms with Gasteiger partial charge < -0.3 is 19.1 Å². The number of ether oxygens (including phenoxy) is 3. The van der Waals surface area contributed by atoms with Crippen molar-refractivity contribution in [2.45, 2.75) is 64.1 Å². The van der Waals surface area contributed by atoms with Gasteiger partial charge in [0.15, 0.2) is 0 Å². The van der Waals surface area contributed by atoms with Crippen molar-refractivity contribution >= 4 is 5.91 Å². The van der Waals surface area contributed by atoms with Crippen LogP contribution in [0.15, 0.2) is 48.5 Å². The van der Waals surface area contributed by atoms with Gasteiger partial charge in [-0.15, -0.1) is 0 Å². The second-order valence-electron chi connectivity index (χ2n) is 9.59. The van der Waals surface area contributed by atoms with E-state index < -0.39 is 0 Å². The number of fused-ring (bicyclic) bond motifs is 3. The predicted octanol–water partition coefficient (Wildman–Crippen LogP) is 5.16. The Morgan fingerprint density at radius 3 is 2.74 bits per heavy atom. The maximum Gasteiger partial charge on any atom is 0.254 e. The summed E-state index contributed by atoms with van der Waals surface area (Å²) in [7, 11) is 1.78. The van der Waals surface area contributed by atoms with Gasteiger partial charge in [0.1, 0.15) is 18.1 Å². The predicted molar refractivity (Wildman–Crippen MR) is 138 cm³/mol. The first-order chi connectivity index (χ1) is 17.2. The SMILES string of the molecule is CCCOc1ccccc1CN1CCCC[C@@H]2[C@H](OC)CCCN2C(=O)c2cccc(c2)OCC1. The highest BCUT2D eigenvalue weighted by atomic mass is 16.5. The summed E-state index contributed by atoms with van der Waals surface area (Å²) in [6, 6.07) is 16.1. The Balaban J connectivity index is 1.52. The fourth-order valence-electron chi connectivity index (χ4n) is 5.25. The quantitative estimate of drug-likeness (QED) is 0.572. The third-order valence-electron chi connectivity index (χ3n) is 7.09. The summed E-state index contributed by atoms with van der Waals surface area (Å²) in [6.45, 7) is 6.85. The molecule has 0 unspecified atom stereocenters. The van der Waals surface area contributed by atoms with Crippen LogP contribution >= 0.6 is 0 Å². The monoisotopic (exact) mass is 480 g/mol. The molecule has 1 amide bonds. The Kier molecular flexibility index (Phi) is 9.43. The molecule has 4 rings (SSSR count). The van der Waals surface area contributed by atoms with Crippen LogP contribution in [-0.2, 0) is 11.3 Å². The molecule has 2 atom stereocenters. The van der Waals surface area contributed by atoms with Gasteiger partial charge in [0, 0.05) is 37.9 Å². The van der Waals surface area contributed by atoms with Gasteiger partial charge in [0.25, 0.3) is 5.91 Å². The van der Waals surface area contributed by atoms with Crippen LogP contribution in [-0.4, -0.2) is 67.8 Å². The molecule has 2 aromatic carbocycles. The lowest BCUT2D eigenvalue weighted by atomic mass is 9.93. The molecule has 0 saturated carbocycles. The largest absolute Gasteiger partial charge is 0.493 e. The van der Waals surface area contributed by atoms with Gasteiger partial charge in [0.05, 0.1) is 18.8 Å². The van der Waals surface area contributed by atoms with E-state index in [1.807, 2.05) is 35.2 Å². The minimum Gasteiger partial charge on any atom is -0.493 e. The molecule has 0 aromatic heterocycles. The molecule has 0 spiro atoms. The number of benzene rings is 2. The summed E-state index contributed by atoms with van der Waals surface area (Å²) < 4.78 is 18.0. The van der Waals surface area contributed by atoms with Gasteiger partial charge in [-0.2, -0.15) is 0 Å². The molecule has 2 heterocycles. The minimum atomic E-state index is 0.0876. The van der Waals surface area contributed by atoms with Crippen LogP contribution in [0.5, 0.6) is 11.5 Å². The van der Waals surface area contributed by atoms with Gasteiger partial charge in [-0.1, -0.05) is 37.6 Å². The van der Waals surface area contributed by atoms with Crippen molar-refractivity contribution in [3.05, 3.63) is 59.7 Å². The van der Waals surface area contributed by atoms with Crippen molar-refractivity contribution in [1.29, 1.82) is 0 Å². The molecule has 1 fully saturated rings. The first-order valence-corrected chi connectivity index (χ1v) is 13.2. The molecule has 6 heteroatoms. The molecule has 35 heavy (non-hydrogen) atoms. The van der Waals surface area contributed by atoms with E-state index >= 15 is 0 Å². The normalized spacial score (nSPS) is 22.1. The number of hydrogen-bond acceptors (Lipinski definition) is 5. The second kappa shape index (κ2) is 12.9. The van der Waals surface area contributed by atoms with Gasteiger partial charge in [-0.3, -0.25) is 9.69 Å². The van der Waals surface area contributed by atoms with E-state index in [0.29, 0.717) is 12.2 Å². The fraction of sp³-hybridized carbons (Fsp3) is 0.552. The van der Waals surface area contributed by atoms with Crippen molar-refractivity contribution in [1.82, 2.24) is 9.80 Å². The number of methoxy groups -OCH3 is 1. The number of para-hydroxylation sites is 1. The molecule has 0 aliphatic carbocycles. The molecule has 190 valence electrons. The maximum atomic E-state index is 13.4. The van der Waals surface area contributed by atoms with Gasteiger partial charge in [-0.25, -0.2) is 0 Å². The molecule has 1 saturated heterocycles. The summed E-state index contributed by atoms with van der Waals surface area (Å²) >= 11 is 0. The summed E-state index contributed by atoms with van der Waals surface area (Å²) in [5, 5.41) is 0. The van der Waals surface area contributed by atoms with Crippen molar-refractivity contribution in [2.75, 3.05) is 40.0 Å². The van der Waals surface area contributed by atoms with Crippen LogP contribution in [0.25, 0.3) is 0 Å². The van der Waals surface area contributed by atoms with E-state index in [1.54, 1.807) is 7.11 Å². The zero-order chi connectivity index (χ0) is 24.5.